The van der Waals surface area contributed by atoms with Gasteiger partial charge in [0.05, 0.1) is 0 Å². The van der Waals surface area contributed by atoms with E-state index in [9.17, 15) is 4.79 Å². The number of carbonyl (C=O) groups excluding carboxylic acids is 1. The van der Waals surface area contributed by atoms with Gasteiger partial charge < -0.3 is 9.47 Å². The molecule has 3 nitrogen and oxygen atoms in total. The van der Waals surface area contributed by atoms with Crippen LogP contribution in [0.15, 0.2) is 43.0 Å². The van der Waals surface area contributed by atoms with Crippen molar-refractivity contribution in [3.05, 3.63) is 43.0 Å². The van der Waals surface area contributed by atoms with Gasteiger partial charge in [0.2, 0.25) is 0 Å². The van der Waals surface area contributed by atoms with Crippen molar-refractivity contribution in [2.24, 2.45) is 0 Å². The third-order valence-electron chi connectivity index (χ3n) is 2.26. The predicted octanol–water partition coefficient (Wildman–Crippen LogP) is 3.31. The Morgan fingerprint density at radius 1 is 1.41 bits per heavy atom. The summed E-state index contributed by atoms with van der Waals surface area (Å²) in [7, 11) is 0. The van der Waals surface area contributed by atoms with Crippen LogP contribution in [0.3, 0.4) is 0 Å². The van der Waals surface area contributed by atoms with Crippen molar-refractivity contribution in [3.8, 4) is 5.75 Å². The van der Waals surface area contributed by atoms with Gasteiger partial charge in [-0.1, -0.05) is 31.7 Å². The topological polar surface area (TPSA) is 35.5 Å². The Hall–Kier alpha value is -1.77. The second-order valence-corrected chi connectivity index (χ2v) is 3.92. The maximum Gasteiger partial charge on any atom is 0.333 e. The molecule has 1 atom stereocenters. The molecule has 0 aliphatic rings. The zero-order valence-corrected chi connectivity index (χ0v) is 10.3. The summed E-state index contributed by atoms with van der Waals surface area (Å²) in [6, 6.07) is 9.30. The molecule has 1 rings (SSSR count). The van der Waals surface area contributed by atoms with Gasteiger partial charge in [-0.05, 0) is 18.6 Å². The highest BCUT2D eigenvalue weighted by molar-refractivity contribution is 5.81. The molecule has 0 saturated heterocycles. The quantitative estimate of drug-likeness (QED) is 0.430. The molecule has 0 amide bonds. The molecule has 0 aliphatic heterocycles. The largest absolute Gasteiger partial charge is 0.453 e. The van der Waals surface area contributed by atoms with Crippen molar-refractivity contribution in [1.29, 1.82) is 0 Å². The van der Waals surface area contributed by atoms with E-state index in [-0.39, 0.29) is 0 Å². The first-order valence-corrected chi connectivity index (χ1v) is 5.69. The van der Waals surface area contributed by atoms with Crippen LogP contribution in [0.5, 0.6) is 5.75 Å². The summed E-state index contributed by atoms with van der Waals surface area (Å²) in [5.41, 5.74) is 0. The zero-order valence-electron chi connectivity index (χ0n) is 10.3. The lowest BCUT2D eigenvalue weighted by molar-refractivity contribution is -0.188. The number of benzene rings is 1. The van der Waals surface area contributed by atoms with Gasteiger partial charge in [-0.2, -0.15) is 0 Å². The number of hydrogen-bond acceptors (Lipinski definition) is 3. The van der Waals surface area contributed by atoms with Gasteiger partial charge >= 0.3 is 5.97 Å². The Balaban J connectivity index is 2.77. The fourth-order valence-corrected chi connectivity index (χ4v) is 1.57. The predicted molar refractivity (Wildman–Crippen MR) is 66.7 cm³/mol. The van der Waals surface area contributed by atoms with E-state index >= 15 is 0 Å². The molecular weight excluding hydrogens is 216 g/mol. The molecule has 1 aromatic rings. The number of ether oxygens (including phenoxy) is 2. The van der Waals surface area contributed by atoms with E-state index in [1.165, 1.54) is 0 Å². The van der Waals surface area contributed by atoms with Crippen molar-refractivity contribution < 1.29 is 14.3 Å². The molecule has 0 N–H and O–H groups in total. The smallest absolute Gasteiger partial charge is 0.333 e. The highest BCUT2D eigenvalue weighted by atomic mass is 16.7. The third-order valence-corrected chi connectivity index (χ3v) is 2.26. The Morgan fingerprint density at radius 3 is 2.59 bits per heavy atom. The molecule has 0 saturated carbocycles. The summed E-state index contributed by atoms with van der Waals surface area (Å²) >= 11 is 0. The van der Waals surface area contributed by atoms with Gasteiger partial charge in [-0.25, -0.2) is 4.79 Å². The molecule has 0 radical (unpaired) electrons. The fourth-order valence-electron chi connectivity index (χ4n) is 1.57. The molecule has 0 bridgehead atoms. The molecule has 0 aromatic heterocycles. The van der Waals surface area contributed by atoms with Crippen molar-refractivity contribution in [2.75, 3.05) is 0 Å². The lowest BCUT2D eigenvalue weighted by atomic mass is 10.2. The number of carbonyl (C=O) groups is 1. The molecule has 0 aliphatic carbocycles. The van der Waals surface area contributed by atoms with Crippen LogP contribution in [0.2, 0.25) is 0 Å². The van der Waals surface area contributed by atoms with Gasteiger partial charge in [0.25, 0.3) is 5.79 Å². The number of hydrogen-bond donors (Lipinski definition) is 0. The van der Waals surface area contributed by atoms with Gasteiger partial charge in [0.15, 0.2) is 0 Å². The van der Waals surface area contributed by atoms with Crippen molar-refractivity contribution >= 4 is 5.97 Å². The minimum absolute atomic E-state index is 0.475. The molecule has 17 heavy (non-hydrogen) atoms. The molecular formula is C14H18O3. The Labute approximate surface area is 102 Å². The lowest BCUT2D eigenvalue weighted by Crippen LogP contribution is -2.37. The van der Waals surface area contributed by atoms with Gasteiger partial charge in [-0.15, -0.1) is 0 Å². The second-order valence-electron chi connectivity index (χ2n) is 3.92. The van der Waals surface area contributed by atoms with Crippen LogP contribution in [-0.2, 0) is 9.53 Å². The van der Waals surface area contributed by atoms with E-state index in [1.807, 2.05) is 37.3 Å². The van der Waals surface area contributed by atoms with Crippen molar-refractivity contribution in [1.82, 2.24) is 0 Å². The van der Waals surface area contributed by atoms with E-state index in [4.69, 9.17) is 9.47 Å². The van der Waals surface area contributed by atoms with Gasteiger partial charge in [-0.3, -0.25) is 0 Å². The fraction of sp³-hybridized carbons (Fsp3) is 0.357. The summed E-state index contributed by atoms with van der Waals surface area (Å²) in [4.78, 5) is 11.3. The molecule has 0 heterocycles. The summed E-state index contributed by atoms with van der Waals surface area (Å²) in [6.45, 7) is 7.14. The first-order chi connectivity index (χ1) is 8.09. The Kier molecular flexibility index (Phi) is 4.76. The summed E-state index contributed by atoms with van der Waals surface area (Å²) in [6.07, 6.45) is 2.62. The average Bonchev–Trinajstić information content (AvgIpc) is 2.30. The molecule has 3 heteroatoms. The summed E-state index contributed by atoms with van der Waals surface area (Å²) in [5, 5.41) is 0. The van der Waals surface area contributed by atoms with Gasteiger partial charge in [0.1, 0.15) is 5.75 Å². The molecule has 1 aromatic carbocycles. The molecule has 92 valence electrons. The monoisotopic (exact) mass is 234 g/mol. The van der Waals surface area contributed by atoms with Crippen LogP contribution in [0, 0.1) is 0 Å². The Morgan fingerprint density at radius 2 is 2.06 bits per heavy atom. The van der Waals surface area contributed by atoms with E-state index < -0.39 is 11.8 Å². The van der Waals surface area contributed by atoms with E-state index in [0.29, 0.717) is 12.2 Å². The van der Waals surface area contributed by atoms with E-state index in [1.54, 1.807) is 6.92 Å². The maximum absolute atomic E-state index is 11.3. The molecule has 0 fully saturated rings. The average molecular weight is 234 g/mol. The van der Waals surface area contributed by atoms with Crippen LogP contribution < -0.4 is 4.74 Å². The standard InChI is InChI=1S/C14H18O3/c1-4-11-14(3,17-13(15)5-2)16-12-9-7-6-8-10-12/h5-10H,2,4,11H2,1,3H3. The van der Waals surface area contributed by atoms with Crippen LogP contribution in [0.1, 0.15) is 26.7 Å². The van der Waals surface area contributed by atoms with E-state index in [2.05, 4.69) is 6.58 Å². The minimum atomic E-state index is -0.943. The lowest BCUT2D eigenvalue weighted by Gasteiger charge is -2.29. The Bertz CT molecular complexity index is 372. The van der Waals surface area contributed by atoms with Gasteiger partial charge in [0, 0.05) is 19.4 Å². The summed E-state index contributed by atoms with van der Waals surface area (Å²) < 4.78 is 11.0. The third kappa shape index (κ3) is 4.31. The van der Waals surface area contributed by atoms with Crippen molar-refractivity contribution in [3.63, 3.8) is 0 Å². The van der Waals surface area contributed by atoms with Crippen molar-refractivity contribution in [2.45, 2.75) is 32.5 Å². The second kappa shape index (κ2) is 6.09. The molecule has 1 unspecified atom stereocenters. The maximum atomic E-state index is 11.3. The highest BCUT2D eigenvalue weighted by Gasteiger charge is 2.29. The first kappa shape index (κ1) is 13.3. The normalized spacial score (nSPS) is 13.5. The SMILES string of the molecule is C=CC(=O)OC(C)(CCC)Oc1ccccc1. The summed E-state index contributed by atoms with van der Waals surface area (Å²) in [5.74, 6) is -0.737. The highest BCUT2D eigenvalue weighted by Crippen LogP contribution is 2.23. The van der Waals surface area contributed by atoms with Crippen LogP contribution in [0.4, 0.5) is 0 Å². The van der Waals surface area contributed by atoms with E-state index in [0.717, 1.165) is 12.5 Å². The van der Waals surface area contributed by atoms with Crippen LogP contribution in [-0.4, -0.2) is 11.8 Å². The number of para-hydroxylation sites is 1. The minimum Gasteiger partial charge on any atom is -0.453 e. The van der Waals surface area contributed by atoms with Crippen LogP contribution >= 0.6 is 0 Å². The zero-order chi connectivity index (χ0) is 12.7. The molecule has 0 spiro atoms. The van der Waals surface area contributed by atoms with Crippen LogP contribution in [0.25, 0.3) is 0 Å². The first-order valence-electron chi connectivity index (χ1n) is 5.69. The number of rotatable bonds is 6. The number of esters is 1.